The van der Waals surface area contributed by atoms with Crippen molar-refractivity contribution in [3.63, 3.8) is 0 Å². The molecular formula is C3HN6. The molecule has 0 spiro atoms. The van der Waals surface area contributed by atoms with Gasteiger partial charge in [0.1, 0.15) is 12.2 Å². The number of fused-ring (bicyclic) bond motifs is 1. The number of hydrogen-bond donors (Lipinski definition) is 0. The van der Waals surface area contributed by atoms with E-state index in [9.17, 15) is 0 Å². The van der Waals surface area contributed by atoms with Gasteiger partial charge in [-0.25, -0.2) is 0 Å². The minimum absolute atomic E-state index is 0.435. The molecule has 0 bridgehead atoms. The average molecular weight is 121 g/mol. The highest BCUT2D eigenvalue weighted by Crippen LogP contribution is 2.19. The second-order valence-corrected chi connectivity index (χ2v) is 1.43. The van der Waals surface area contributed by atoms with E-state index in [-0.39, 0.29) is 0 Å². The summed E-state index contributed by atoms with van der Waals surface area (Å²) in [4.78, 5) is 0. The van der Waals surface area contributed by atoms with Gasteiger partial charge in [0.05, 0.1) is 0 Å². The van der Waals surface area contributed by atoms with Gasteiger partial charge in [-0.05, 0) is 10.4 Å². The zero-order valence-electron chi connectivity index (χ0n) is 4.26. The molecule has 6 nitrogen and oxygen atoms in total. The molecule has 1 aliphatic heterocycles. The van der Waals surface area contributed by atoms with E-state index in [1.54, 1.807) is 0 Å². The van der Waals surface area contributed by atoms with Crippen molar-refractivity contribution in [3.8, 4) is 0 Å². The van der Waals surface area contributed by atoms with E-state index in [0.29, 0.717) is 11.5 Å². The van der Waals surface area contributed by atoms with Crippen molar-refractivity contribution < 1.29 is 0 Å². The summed E-state index contributed by atoms with van der Waals surface area (Å²) in [5.41, 5.74) is 0.574. The fourth-order valence-electron chi connectivity index (χ4n) is 0.520. The molecule has 0 aliphatic carbocycles. The Labute approximate surface area is 50.0 Å². The normalized spacial score (nSPS) is 13.8. The van der Waals surface area contributed by atoms with Crippen molar-refractivity contribution in [2.75, 3.05) is 0 Å². The van der Waals surface area contributed by atoms with E-state index < -0.39 is 0 Å². The second kappa shape index (κ2) is 1.51. The summed E-state index contributed by atoms with van der Waals surface area (Å²) < 4.78 is 0. The minimum Gasteiger partial charge on any atom is -0.174 e. The molecule has 6 heteroatoms. The highest BCUT2D eigenvalue weighted by Gasteiger charge is 2.10. The van der Waals surface area contributed by atoms with Crippen LogP contribution in [0.1, 0.15) is 5.69 Å². The fourth-order valence-corrected chi connectivity index (χ4v) is 0.520. The fraction of sp³-hybridized carbons (Fsp3) is 0. The monoisotopic (exact) mass is 121 g/mol. The molecule has 0 N–H and O–H groups in total. The third-order valence-electron chi connectivity index (χ3n) is 0.893. The van der Waals surface area contributed by atoms with E-state index in [0.717, 1.165) is 0 Å². The van der Waals surface area contributed by atoms with Gasteiger partial charge in [-0.2, -0.15) is 5.11 Å². The maximum Gasteiger partial charge on any atom is 0.223 e. The molecule has 2 rings (SSSR count). The lowest BCUT2D eigenvalue weighted by Crippen LogP contribution is -1.92. The van der Waals surface area contributed by atoms with Crippen LogP contribution in [0.5, 0.6) is 0 Å². The molecule has 0 aromatic carbocycles. The van der Waals surface area contributed by atoms with Crippen LogP contribution in [0.2, 0.25) is 0 Å². The first-order valence-electron chi connectivity index (χ1n) is 2.27. The van der Waals surface area contributed by atoms with Crippen LogP contribution in [-0.2, 0) is 0 Å². The third-order valence-corrected chi connectivity index (χ3v) is 0.893. The van der Waals surface area contributed by atoms with Gasteiger partial charge in [-0.3, -0.25) is 0 Å². The molecule has 0 amide bonds. The number of aromatic nitrogens is 4. The average Bonchev–Trinajstić information content (AvgIpc) is 2.33. The summed E-state index contributed by atoms with van der Waals surface area (Å²) in [6.45, 7) is 1.48. The summed E-state index contributed by atoms with van der Waals surface area (Å²) >= 11 is 0. The summed E-state index contributed by atoms with van der Waals surface area (Å²) in [5.74, 6) is 0.435. The molecule has 1 radical (unpaired) electrons. The second-order valence-electron chi connectivity index (χ2n) is 1.43. The quantitative estimate of drug-likeness (QED) is 0.479. The molecule has 1 aromatic heterocycles. The first kappa shape index (κ1) is 4.42. The Balaban J connectivity index is 2.63. The van der Waals surface area contributed by atoms with Crippen molar-refractivity contribution in [2.45, 2.75) is 0 Å². The van der Waals surface area contributed by atoms with Gasteiger partial charge in [-0.15, -0.1) is 15.3 Å². The molecule has 0 saturated carbocycles. The Bertz CT molecular complexity index is 254. The predicted octanol–water partition coefficient (Wildman–Crippen LogP) is -0.126. The summed E-state index contributed by atoms with van der Waals surface area (Å²) in [6.07, 6.45) is 0. The smallest absolute Gasteiger partial charge is 0.174 e. The predicted molar refractivity (Wildman–Crippen MR) is 25.5 cm³/mol. The summed E-state index contributed by atoms with van der Waals surface area (Å²) in [5, 5.41) is 20.8. The summed E-state index contributed by atoms with van der Waals surface area (Å²) in [7, 11) is 0. The van der Waals surface area contributed by atoms with Crippen LogP contribution in [0.15, 0.2) is 10.2 Å². The lowest BCUT2D eigenvalue weighted by atomic mass is 10.5. The number of hydrogen-bond acceptors (Lipinski definition) is 6. The lowest BCUT2D eigenvalue weighted by molar-refractivity contribution is 0.755. The first-order valence-corrected chi connectivity index (χ1v) is 2.27. The van der Waals surface area contributed by atoms with Crippen LogP contribution in [0.25, 0.3) is 0 Å². The topological polar surface area (TPSA) is 76.3 Å². The van der Waals surface area contributed by atoms with E-state index in [2.05, 4.69) is 30.9 Å². The molecule has 1 aliphatic rings. The van der Waals surface area contributed by atoms with Crippen LogP contribution >= 0.6 is 0 Å². The minimum atomic E-state index is 0.435. The van der Waals surface area contributed by atoms with Crippen molar-refractivity contribution in [2.24, 2.45) is 10.2 Å². The van der Waals surface area contributed by atoms with E-state index in [4.69, 9.17) is 0 Å². The molecule has 0 atom stereocenters. The Kier molecular flexibility index (Phi) is 0.741. The van der Waals surface area contributed by atoms with E-state index >= 15 is 0 Å². The van der Waals surface area contributed by atoms with Crippen LogP contribution in [0.4, 0.5) is 5.82 Å². The Morgan fingerprint density at radius 3 is 2.89 bits per heavy atom. The summed E-state index contributed by atoms with van der Waals surface area (Å²) in [6, 6.07) is 0. The Morgan fingerprint density at radius 1 is 1.11 bits per heavy atom. The van der Waals surface area contributed by atoms with Crippen molar-refractivity contribution in [1.82, 2.24) is 20.6 Å². The van der Waals surface area contributed by atoms with Crippen molar-refractivity contribution in [1.29, 1.82) is 0 Å². The van der Waals surface area contributed by atoms with Crippen molar-refractivity contribution in [3.05, 3.63) is 12.2 Å². The molecular weight excluding hydrogens is 120 g/mol. The van der Waals surface area contributed by atoms with Gasteiger partial charge >= 0.3 is 0 Å². The van der Waals surface area contributed by atoms with Crippen LogP contribution in [0, 0.1) is 6.54 Å². The Hall–Kier alpha value is -1.46. The number of nitrogens with zero attached hydrogens (tertiary/aromatic N) is 6. The molecule has 2 heterocycles. The zero-order valence-corrected chi connectivity index (χ0v) is 4.26. The van der Waals surface area contributed by atoms with Gasteiger partial charge < -0.3 is 0 Å². The van der Waals surface area contributed by atoms with E-state index in [1.807, 2.05) is 0 Å². The molecule has 0 unspecified atom stereocenters. The highest BCUT2D eigenvalue weighted by atomic mass is 15.5. The van der Waals surface area contributed by atoms with Gasteiger partial charge in [-0.1, -0.05) is 0 Å². The largest absolute Gasteiger partial charge is 0.223 e. The van der Waals surface area contributed by atoms with Gasteiger partial charge in [0.15, 0.2) is 0 Å². The van der Waals surface area contributed by atoms with Crippen LogP contribution in [-0.4, -0.2) is 20.6 Å². The lowest BCUT2D eigenvalue weighted by Gasteiger charge is -1.83. The first-order chi connectivity index (χ1) is 4.47. The third kappa shape index (κ3) is 0.558. The van der Waals surface area contributed by atoms with Crippen LogP contribution in [0.3, 0.4) is 0 Å². The molecule has 1 aromatic rings. The SMILES string of the molecule is [CH]1N=Nc2nnnnc21. The Morgan fingerprint density at radius 2 is 2.00 bits per heavy atom. The number of rotatable bonds is 0. The zero-order chi connectivity index (χ0) is 6.10. The molecule has 0 saturated heterocycles. The maximum absolute atomic E-state index is 3.59. The van der Waals surface area contributed by atoms with E-state index in [1.165, 1.54) is 6.54 Å². The van der Waals surface area contributed by atoms with Crippen LogP contribution < -0.4 is 0 Å². The van der Waals surface area contributed by atoms with Gasteiger partial charge in [0.2, 0.25) is 5.82 Å². The molecule has 9 heavy (non-hydrogen) atoms. The van der Waals surface area contributed by atoms with Gasteiger partial charge in [0, 0.05) is 0 Å². The maximum atomic E-state index is 3.59. The molecule has 0 fully saturated rings. The van der Waals surface area contributed by atoms with Gasteiger partial charge in [0.25, 0.3) is 0 Å². The standard InChI is InChI=1S/C3HN6/c1-2-3(6-4-1)7-9-8-5-2/h1H. The molecule has 43 valence electrons. The highest BCUT2D eigenvalue weighted by molar-refractivity contribution is 5.37. The van der Waals surface area contributed by atoms with Crippen molar-refractivity contribution >= 4 is 5.82 Å². The number of azo groups is 1.